The molecule has 0 unspecified atom stereocenters. The number of hydrogen-bond donors (Lipinski definition) is 1. The molecule has 0 aromatic heterocycles. The molecular formula is C15H26O. The minimum absolute atomic E-state index is 0.420. The quantitative estimate of drug-likeness (QED) is 0.667. The molecule has 3 atom stereocenters. The Morgan fingerprint density at radius 2 is 2.06 bits per heavy atom. The molecule has 0 radical (unpaired) electrons. The van der Waals surface area contributed by atoms with Crippen molar-refractivity contribution in [3.63, 3.8) is 0 Å². The fraction of sp³-hybridized carbons (Fsp3) is 0.867. The molecule has 1 nitrogen and oxygen atoms in total. The van der Waals surface area contributed by atoms with Crippen LogP contribution in [0, 0.1) is 17.3 Å². The number of rotatable bonds is 1. The first-order chi connectivity index (χ1) is 7.36. The van der Waals surface area contributed by atoms with Crippen molar-refractivity contribution in [2.45, 2.75) is 65.4 Å². The third-order valence-corrected chi connectivity index (χ3v) is 5.33. The third-order valence-electron chi connectivity index (χ3n) is 5.33. The van der Waals surface area contributed by atoms with Gasteiger partial charge in [0.25, 0.3) is 0 Å². The first-order valence-electron chi connectivity index (χ1n) is 6.76. The van der Waals surface area contributed by atoms with Gasteiger partial charge >= 0.3 is 0 Å². The van der Waals surface area contributed by atoms with Gasteiger partial charge in [-0.1, -0.05) is 18.6 Å². The van der Waals surface area contributed by atoms with Crippen LogP contribution in [0.4, 0.5) is 0 Å². The minimum Gasteiger partial charge on any atom is -0.390 e. The second-order valence-corrected chi connectivity index (χ2v) is 6.62. The summed E-state index contributed by atoms with van der Waals surface area (Å²) in [6.45, 7) is 8.66. The molecule has 0 aromatic rings. The van der Waals surface area contributed by atoms with Gasteiger partial charge < -0.3 is 5.11 Å². The highest BCUT2D eigenvalue weighted by Gasteiger charge is 2.48. The Balaban J connectivity index is 2.22. The van der Waals surface area contributed by atoms with Crippen molar-refractivity contribution in [2.75, 3.05) is 0 Å². The number of hydrogen-bond acceptors (Lipinski definition) is 1. The van der Waals surface area contributed by atoms with E-state index in [1.54, 1.807) is 5.57 Å². The molecule has 1 spiro atoms. The molecule has 0 saturated heterocycles. The van der Waals surface area contributed by atoms with Gasteiger partial charge in [0.15, 0.2) is 0 Å². The fourth-order valence-corrected chi connectivity index (χ4v) is 3.90. The summed E-state index contributed by atoms with van der Waals surface area (Å²) >= 11 is 0. The molecule has 0 amide bonds. The molecular weight excluding hydrogens is 196 g/mol. The van der Waals surface area contributed by atoms with Crippen molar-refractivity contribution < 1.29 is 5.11 Å². The summed E-state index contributed by atoms with van der Waals surface area (Å²) in [6.07, 6.45) is 8.69. The van der Waals surface area contributed by atoms with Gasteiger partial charge in [-0.05, 0) is 70.1 Å². The summed E-state index contributed by atoms with van der Waals surface area (Å²) in [5.41, 5.74) is 1.52. The van der Waals surface area contributed by atoms with Crippen molar-refractivity contribution in [1.29, 1.82) is 0 Å². The molecule has 0 aromatic carbocycles. The zero-order valence-electron chi connectivity index (χ0n) is 11.2. The van der Waals surface area contributed by atoms with Gasteiger partial charge in [0.1, 0.15) is 0 Å². The number of allylic oxidation sites excluding steroid dienone is 2. The molecule has 92 valence electrons. The van der Waals surface area contributed by atoms with Crippen molar-refractivity contribution in [2.24, 2.45) is 17.3 Å². The highest BCUT2D eigenvalue weighted by Crippen LogP contribution is 2.56. The molecule has 1 heteroatoms. The Morgan fingerprint density at radius 3 is 2.56 bits per heavy atom. The van der Waals surface area contributed by atoms with Crippen LogP contribution in [0.3, 0.4) is 0 Å². The van der Waals surface area contributed by atoms with Crippen molar-refractivity contribution in [3.8, 4) is 0 Å². The predicted octanol–water partition coefficient (Wildman–Crippen LogP) is 3.92. The summed E-state index contributed by atoms with van der Waals surface area (Å²) < 4.78 is 0. The lowest BCUT2D eigenvalue weighted by atomic mass is 9.64. The molecule has 2 aliphatic rings. The van der Waals surface area contributed by atoms with Gasteiger partial charge in [-0.3, -0.25) is 0 Å². The minimum atomic E-state index is -0.499. The summed E-state index contributed by atoms with van der Waals surface area (Å²) in [5, 5.41) is 10.2. The molecule has 1 saturated carbocycles. The smallest absolute Gasteiger partial charge is 0.0620 e. The zero-order valence-corrected chi connectivity index (χ0v) is 11.2. The van der Waals surface area contributed by atoms with E-state index in [4.69, 9.17) is 0 Å². The third kappa shape index (κ3) is 1.84. The lowest BCUT2D eigenvalue weighted by Gasteiger charge is -2.41. The fourth-order valence-electron chi connectivity index (χ4n) is 3.90. The SMILES string of the molecule is CC1=CCC[C@H](C)[C@@]12CC[C@@H](C(C)(C)O)C2. The summed E-state index contributed by atoms with van der Waals surface area (Å²) in [4.78, 5) is 0. The molecule has 0 heterocycles. The molecule has 0 bridgehead atoms. The Hall–Kier alpha value is -0.300. The van der Waals surface area contributed by atoms with E-state index >= 15 is 0 Å². The van der Waals surface area contributed by atoms with E-state index in [1.807, 2.05) is 13.8 Å². The maximum atomic E-state index is 10.2. The highest BCUT2D eigenvalue weighted by molar-refractivity contribution is 5.20. The van der Waals surface area contributed by atoms with Crippen molar-refractivity contribution >= 4 is 0 Å². The van der Waals surface area contributed by atoms with Crippen LogP contribution in [0.15, 0.2) is 11.6 Å². The van der Waals surface area contributed by atoms with E-state index in [-0.39, 0.29) is 0 Å². The molecule has 0 aliphatic heterocycles. The van der Waals surface area contributed by atoms with Crippen LogP contribution in [-0.4, -0.2) is 10.7 Å². The van der Waals surface area contributed by atoms with E-state index in [0.29, 0.717) is 11.3 Å². The van der Waals surface area contributed by atoms with Crippen LogP contribution in [0.25, 0.3) is 0 Å². The van der Waals surface area contributed by atoms with Crippen LogP contribution in [0.5, 0.6) is 0 Å². The lowest BCUT2D eigenvalue weighted by Crippen LogP contribution is -2.34. The normalized spacial score (nSPS) is 40.2. The molecule has 1 fully saturated rings. The Labute approximate surface area is 99.9 Å². The van der Waals surface area contributed by atoms with E-state index in [9.17, 15) is 5.11 Å². The van der Waals surface area contributed by atoms with Crippen molar-refractivity contribution in [1.82, 2.24) is 0 Å². The largest absolute Gasteiger partial charge is 0.390 e. The van der Waals surface area contributed by atoms with E-state index < -0.39 is 5.60 Å². The topological polar surface area (TPSA) is 20.2 Å². The van der Waals surface area contributed by atoms with Gasteiger partial charge in [0.2, 0.25) is 0 Å². The Bertz CT molecular complexity index is 297. The van der Waals surface area contributed by atoms with Gasteiger partial charge in [0.05, 0.1) is 5.60 Å². The van der Waals surface area contributed by atoms with E-state index in [2.05, 4.69) is 19.9 Å². The monoisotopic (exact) mass is 222 g/mol. The summed E-state index contributed by atoms with van der Waals surface area (Å²) in [6, 6.07) is 0. The lowest BCUT2D eigenvalue weighted by molar-refractivity contribution is 0.0128. The zero-order chi connectivity index (χ0) is 12.0. The van der Waals surface area contributed by atoms with Crippen LogP contribution >= 0.6 is 0 Å². The van der Waals surface area contributed by atoms with Gasteiger partial charge in [-0.15, -0.1) is 0 Å². The van der Waals surface area contributed by atoms with E-state index in [1.165, 1.54) is 32.1 Å². The molecule has 2 aliphatic carbocycles. The van der Waals surface area contributed by atoms with Crippen LogP contribution in [-0.2, 0) is 0 Å². The van der Waals surface area contributed by atoms with Gasteiger partial charge in [-0.2, -0.15) is 0 Å². The van der Waals surface area contributed by atoms with Gasteiger partial charge in [0, 0.05) is 0 Å². The van der Waals surface area contributed by atoms with Crippen LogP contribution in [0.1, 0.15) is 59.8 Å². The standard InChI is InChI=1S/C15H26O/c1-11-6-5-7-12(2)15(11)9-8-13(10-15)14(3,4)16/h6,12-13,16H,5,7-10H2,1-4H3/t12-,13+,15+/m0/s1. The maximum Gasteiger partial charge on any atom is 0.0620 e. The first kappa shape index (κ1) is 12.2. The summed E-state index contributed by atoms with van der Waals surface area (Å²) in [5.74, 6) is 1.28. The van der Waals surface area contributed by atoms with Crippen LogP contribution < -0.4 is 0 Å². The van der Waals surface area contributed by atoms with Gasteiger partial charge in [-0.25, -0.2) is 0 Å². The average molecular weight is 222 g/mol. The number of aliphatic hydroxyl groups is 1. The van der Waals surface area contributed by atoms with Crippen molar-refractivity contribution in [3.05, 3.63) is 11.6 Å². The Kier molecular flexibility index (Phi) is 2.94. The van der Waals surface area contributed by atoms with E-state index in [0.717, 1.165) is 5.92 Å². The molecule has 2 rings (SSSR count). The molecule has 1 N–H and O–H groups in total. The van der Waals surface area contributed by atoms with Crippen LogP contribution in [0.2, 0.25) is 0 Å². The highest BCUT2D eigenvalue weighted by atomic mass is 16.3. The average Bonchev–Trinajstić information content (AvgIpc) is 2.60. The predicted molar refractivity (Wildman–Crippen MR) is 68.2 cm³/mol. The second-order valence-electron chi connectivity index (χ2n) is 6.62. The molecule has 16 heavy (non-hydrogen) atoms. The first-order valence-corrected chi connectivity index (χ1v) is 6.76. The summed E-state index contributed by atoms with van der Waals surface area (Å²) in [7, 11) is 0. The maximum absolute atomic E-state index is 10.2. The second kappa shape index (κ2) is 3.87. The Morgan fingerprint density at radius 1 is 1.38 bits per heavy atom.